The molecule has 0 heterocycles. The first-order valence-electron chi connectivity index (χ1n) is 5.68. The second-order valence-corrected chi connectivity index (χ2v) is 4.27. The van der Waals surface area contributed by atoms with Crippen LogP contribution in [0.3, 0.4) is 0 Å². The summed E-state index contributed by atoms with van der Waals surface area (Å²) in [7, 11) is 0. The molecule has 14 heavy (non-hydrogen) atoms. The van der Waals surface area contributed by atoms with E-state index < -0.39 is 5.97 Å². The molecule has 0 aromatic heterocycles. The summed E-state index contributed by atoms with van der Waals surface area (Å²) in [5.74, 6) is -0.337. The van der Waals surface area contributed by atoms with E-state index in [1.165, 1.54) is 12.8 Å². The minimum atomic E-state index is -0.603. The van der Waals surface area contributed by atoms with E-state index >= 15 is 0 Å². The van der Waals surface area contributed by atoms with Gasteiger partial charge < -0.3 is 10.8 Å². The van der Waals surface area contributed by atoms with Gasteiger partial charge in [-0.2, -0.15) is 0 Å². The van der Waals surface area contributed by atoms with Gasteiger partial charge in [-0.25, -0.2) is 0 Å². The van der Waals surface area contributed by atoms with Crippen molar-refractivity contribution in [3.8, 4) is 0 Å². The number of carboxylic acid groups (broad SMARTS) is 1. The maximum Gasteiger partial charge on any atom is 0.306 e. The molecule has 0 saturated heterocycles. The Morgan fingerprint density at radius 3 is 2.64 bits per heavy atom. The monoisotopic (exact) mass is 199 g/mol. The van der Waals surface area contributed by atoms with Crippen LogP contribution in [0.4, 0.5) is 0 Å². The zero-order chi connectivity index (χ0) is 10.4. The van der Waals surface area contributed by atoms with E-state index in [1.54, 1.807) is 0 Å². The Kier molecular flexibility index (Phi) is 4.94. The van der Waals surface area contributed by atoms with Crippen molar-refractivity contribution >= 4 is 5.97 Å². The van der Waals surface area contributed by atoms with Crippen LogP contribution in [0.15, 0.2) is 0 Å². The summed E-state index contributed by atoms with van der Waals surface area (Å²) in [6.07, 6.45) is 7.38. The van der Waals surface area contributed by atoms with Gasteiger partial charge in [-0.3, -0.25) is 4.79 Å². The molecular weight excluding hydrogens is 178 g/mol. The maximum absolute atomic E-state index is 11.0. The molecule has 1 aliphatic carbocycles. The Labute approximate surface area is 85.7 Å². The van der Waals surface area contributed by atoms with Gasteiger partial charge in [0.1, 0.15) is 0 Å². The average molecular weight is 199 g/mol. The maximum atomic E-state index is 11.0. The molecule has 0 bridgehead atoms. The Balaban J connectivity index is 2.50. The summed E-state index contributed by atoms with van der Waals surface area (Å²) in [5.41, 5.74) is 5.46. The first-order chi connectivity index (χ1) is 6.75. The fraction of sp³-hybridized carbons (Fsp3) is 0.909. The standard InChI is InChI=1S/C11H21NO2/c12-8-4-6-9-5-2-1-3-7-10(9)11(13)14/h9-10H,1-8,12H2,(H,13,14). The van der Waals surface area contributed by atoms with Crippen LogP contribution in [0, 0.1) is 11.8 Å². The molecule has 0 spiro atoms. The lowest BCUT2D eigenvalue weighted by atomic mass is 9.84. The highest BCUT2D eigenvalue weighted by Gasteiger charge is 2.28. The van der Waals surface area contributed by atoms with E-state index in [0.717, 1.165) is 32.1 Å². The van der Waals surface area contributed by atoms with E-state index in [-0.39, 0.29) is 5.92 Å². The Morgan fingerprint density at radius 1 is 1.29 bits per heavy atom. The highest BCUT2D eigenvalue weighted by Crippen LogP contribution is 2.31. The van der Waals surface area contributed by atoms with Gasteiger partial charge in [0.2, 0.25) is 0 Å². The molecule has 0 aromatic carbocycles. The van der Waals surface area contributed by atoms with Gasteiger partial charge in [0.15, 0.2) is 0 Å². The van der Waals surface area contributed by atoms with Crippen molar-refractivity contribution in [2.45, 2.75) is 44.9 Å². The summed E-state index contributed by atoms with van der Waals surface area (Å²) in [4.78, 5) is 11.0. The van der Waals surface area contributed by atoms with Crippen molar-refractivity contribution in [3.05, 3.63) is 0 Å². The van der Waals surface area contributed by atoms with E-state index in [9.17, 15) is 4.79 Å². The summed E-state index contributed by atoms with van der Waals surface area (Å²) < 4.78 is 0. The van der Waals surface area contributed by atoms with Gasteiger partial charge in [0.25, 0.3) is 0 Å². The Morgan fingerprint density at radius 2 is 2.00 bits per heavy atom. The van der Waals surface area contributed by atoms with Crippen LogP contribution < -0.4 is 5.73 Å². The highest BCUT2D eigenvalue weighted by atomic mass is 16.4. The van der Waals surface area contributed by atoms with Crippen molar-refractivity contribution in [2.24, 2.45) is 17.6 Å². The number of aliphatic carboxylic acids is 1. The number of carboxylic acids is 1. The molecule has 0 aliphatic heterocycles. The van der Waals surface area contributed by atoms with Crippen LogP contribution in [0.25, 0.3) is 0 Å². The molecule has 82 valence electrons. The van der Waals surface area contributed by atoms with Crippen LogP contribution in [0.5, 0.6) is 0 Å². The molecule has 1 saturated carbocycles. The van der Waals surface area contributed by atoms with Crippen LogP contribution >= 0.6 is 0 Å². The van der Waals surface area contributed by atoms with Crippen molar-refractivity contribution in [1.29, 1.82) is 0 Å². The van der Waals surface area contributed by atoms with E-state index in [1.807, 2.05) is 0 Å². The molecule has 3 heteroatoms. The molecule has 3 nitrogen and oxygen atoms in total. The summed E-state index contributed by atoms with van der Waals surface area (Å²) >= 11 is 0. The normalized spacial score (nSPS) is 28.4. The summed E-state index contributed by atoms with van der Waals surface area (Å²) in [6.45, 7) is 0.683. The number of carbonyl (C=O) groups is 1. The molecule has 0 radical (unpaired) electrons. The lowest BCUT2D eigenvalue weighted by Gasteiger charge is -2.20. The fourth-order valence-electron chi connectivity index (χ4n) is 2.44. The number of nitrogens with two attached hydrogens (primary N) is 1. The van der Waals surface area contributed by atoms with Crippen LogP contribution in [0.2, 0.25) is 0 Å². The lowest BCUT2D eigenvalue weighted by molar-refractivity contribution is -0.144. The third-order valence-electron chi connectivity index (χ3n) is 3.26. The van der Waals surface area contributed by atoms with Crippen molar-refractivity contribution in [1.82, 2.24) is 0 Å². The zero-order valence-corrected chi connectivity index (χ0v) is 8.74. The third-order valence-corrected chi connectivity index (χ3v) is 3.26. The summed E-state index contributed by atoms with van der Waals surface area (Å²) in [6, 6.07) is 0. The first kappa shape index (κ1) is 11.5. The van der Waals surface area contributed by atoms with Crippen molar-refractivity contribution in [2.75, 3.05) is 6.54 Å². The van der Waals surface area contributed by atoms with E-state index in [0.29, 0.717) is 12.5 Å². The predicted molar refractivity (Wildman–Crippen MR) is 56.0 cm³/mol. The molecule has 2 unspecified atom stereocenters. The Hall–Kier alpha value is -0.570. The second-order valence-electron chi connectivity index (χ2n) is 4.27. The van der Waals surface area contributed by atoms with E-state index in [4.69, 9.17) is 10.8 Å². The molecule has 1 fully saturated rings. The van der Waals surface area contributed by atoms with E-state index in [2.05, 4.69) is 0 Å². The quantitative estimate of drug-likeness (QED) is 0.681. The average Bonchev–Trinajstić information content (AvgIpc) is 2.39. The van der Waals surface area contributed by atoms with Crippen LogP contribution in [-0.2, 0) is 4.79 Å². The van der Waals surface area contributed by atoms with Gasteiger partial charge in [0, 0.05) is 0 Å². The second kappa shape index (κ2) is 6.02. The largest absolute Gasteiger partial charge is 0.481 e. The van der Waals surface area contributed by atoms with Crippen molar-refractivity contribution < 1.29 is 9.90 Å². The molecule has 0 aromatic rings. The molecule has 1 aliphatic rings. The SMILES string of the molecule is NCCCC1CCCCCC1C(=O)O. The van der Waals surface area contributed by atoms with Crippen molar-refractivity contribution in [3.63, 3.8) is 0 Å². The van der Waals surface area contributed by atoms with Gasteiger partial charge in [-0.05, 0) is 38.1 Å². The number of hydrogen-bond donors (Lipinski definition) is 2. The molecule has 2 atom stereocenters. The highest BCUT2D eigenvalue weighted by molar-refractivity contribution is 5.70. The lowest BCUT2D eigenvalue weighted by Crippen LogP contribution is -2.23. The Bertz CT molecular complexity index is 182. The minimum absolute atomic E-state index is 0.107. The van der Waals surface area contributed by atoms with Gasteiger partial charge in [-0.1, -0.05) is 19.3 Å². The van der Waals surface area contributed by atoms with Gasteiger partial charge >= 0.3 is 5.97 Å². The topological polar surface area (TPSA) is 63.3 Å². The fourth-order valence-corrected chi connectivity index (χ4v) is 2.44. The smallest absolute Gasteiger partial charge is 0.306 e. The zero-order valence-electron chi connectivity index (χ0n) is 8.74. The first-order valence-corrected chi connectivity index (χ1v) is 5.68. The predicted octanol–water partition coefficient (Wildman–Crippen LogP) is 2.01. The molecular formula is C11H21NO2. The van der Waals surface area contributed by atoms with Gasteiger partial charge in [-0.15, -0.1) is 0 Å². The minimum Gasteiger partial charge on any atom is -0.481 e. The molecule has 3 N–H and O–H groups in total. The van der Waals surface area contributed by atoms with Crippen LogP contribution in [0.1, 0.15) is 44.9 Å². The molecule has 1 rings (SSSR count). The van der Waals surface area contributed by atoms with Crippen LogP contribution in [-0.4, -0.2) is 17.6 Å². The van der Waals surface area contributed by atoms with Gasteiger partial charge in [0.05, 0.1) is 5.92 Å². The summed E-state index contributed by atoms with van der Waals surface area (Å²) in [5, 5.41) is 9.10. The number of hydrogen-bond acceptors (Lipinski definition) is 2. The number of rotatable bonds is 4. The third kappa shape index (κ3) is 3.29. The molecule has 0 amide bonds.